The van der Waals surface area contributed by atoms with Crippen LogP contribution in [-0.2, 0) is 47.9 Å². The first-order valence-electron chi connectivity index (χ1n) is 29.1. The minimum absolute atomic E-state index is 0.0128. The van der Waals surface area contributed by atoms with E-state index in [1.54, 1.807) is 0 Å². The van der Waals surface area contributed by atoms with Crippen molar-refractivity contribution in [3.63, 3.8) is 0 Å². The smallest absolute Gasteiger partial charge is 0.326 e. The maximum atomic E-state index is 14.5. The van der Waals surface area contributed by atoms with Gasteiger partial charge in [0.2, 0.25) is 53.2 Å². The van der Waals surface area contributed by atoms with E-state index in [4.69, 9.17) is 86.0 Å². The normalized spacial score (nSPS) is 13.7. The number of hydrogen-bond donors (Lipinski definition) is 24. The van der Waals surface area contributed by atoms with E-state index in [0.717, 1.165) is 0 Å². The number of primary amides is 1. The van der Waals surface area contributed by atoms with E-state index in [2.05, 4.69) is 72.5 Å². The van der Waals surface area contributed by atoms with Crippen LogP contribution in [0, 0.1) is 0 Å². The third-order valence-corrected chi connectivity index (χ3v) is 12.8. The standard InChI is InChI=1S/C50H99N29O11/c1-26(72-37(82)27(52)10-4-20-66-45(54)55)36(81)73-28(11-2-3-19-51)38(83)74-29(12-5-21-67-46(56)57)39(84)75-31(14-7-23-69-48(60)61)41(86)78-33(17-18-35(53)80)43(88)77-30(13-6-22-68-47(58)59)40(85)76-32(15-8-24-70-49(62)63)42(87)79-34(44(89)90)16-9-25-71-50(64)65/h26-34H,2-25,51-52H2,1H3,(H2,53,80)(H,72,82)(H,73,81)(H,74,83)(H,75,84)(H,76,85)(H,77,88)(H,78,86)(H,79,87)(H,89,90)(H4,54,55,66)(H4,56,57,67)(H4,58,59,68)(H4,60,61,69)(H4,62,63,70)(H4,64,65,71)/t26-,27+,28-,29-,30-,31+,32-,33-,34+/m0/s1. The minimum Gasteiger partial charge on any atom is -0.480 e. The van der Waals surface area contributed by atoms with Crippen LogP contribution < -0.4 is 129 Å². The van der Waals surface area contributed by atoms with Crippen LogP contribution in [0.5, 0.6) is 0 Å². The van der Waals surface area contributed by atoms with E-state index in [1.807, 2.05) is 0 Å². The molecule has 0 aromatic carbocycles. The Bertz CT molecular complexity index is 2490. The molecular formula is C50H99N29O11. The fourth-order valence-electron chi connectivity index (χ4n) is 8.13. The lowest BCUT2D eigenvalue weighted by Crippen LogP contribution is -2.60. The van der Waals surface area contributed by atoms with Gasteiger partial charge in [0.15, 0.2) is 35.8 Å². The number of guanidine groups is 6. The topological polar surface area (TPSA) is 752 Å². The molecular weight excluding hydrogens is 1180 g/mol. The Morgan fingerprint density at radius 2 is 0.567 bits per heavy atom. The summed E-state index contributed by atoms with van der Waals surface area (Å²) in [6.07, 6.45) is -0.273. The van der Waals surface area contributed by atoms with Gasteiger partial charge in [0, 0.05) is 45.7 Å². The zero-order valence-electron chi connectivity index (χ0n) is 51.0. The molecule has 9 atom stereocenters. The van der Waals surface area contributed by atoms with Crippen molar-refractivity contribution in [2.45, 2.75) is 170 Å². The minimum atomic E-state index is -1.68. The van der Waals surface area contributed by atoms with Gasteiger partial charge in [-0.25, -0.2) is 4.79 Å². The van der Waals surface area contributed by atoms with Crippen LogP contribution in [-0.4, -0.2) is 200 Å². The van der Waals surface area contributed by atoms with Gasteiger partial charge in [-0.15, -0.1) is 0 Å². The van der Waals surface area contributed by atoms with Crippen LogP contribution in [0.3, 0.4) is 0 Å². The molecule has 0 aliphatic heterocycles. The highest BCUT2D eigenvalue weighted by Gasteiger charge is 2.35. The molecule has 39 N–H and O–H groups in total. The van der Waals surface area contributed by atoms with E-state index in [-0.39, 0.29) is 159 Å². The Hall–Kier alpha value is -9.76. The number of nitrogens with two attached hydrogens (primary N) is 15. The second-order valence-electron chi connectivity index (χ2n) is 20.6. The number of rotatable bonds is 48. The molecule has 510 valence electrons. The molecule has 90 heavy (non-hydrogen) atoms. The molecule has 0 heterocycles. The average molecular weight is 1280 g/mol. The third-order valence-electron chi connectivity index (χ3n) is 12.8. The summed E-state index contributed by atoms with van der Waals surface area (Å²) in [6.45, 7) is 1.66. The second kappa shape index (κ2) is 45.5. The number of carboxylic acids is 1. The van der Waals surface area contributed by atoms with Gasteiger partial charge in [-0.3, -0.25) is 73.1 Å². The molecule has 0 saturated carbocycles. The summed E-state index contributed by atoms with van der Waals surface area (Å²) in [5, 5.41) is 30.3. The number of carbonyl (C=O) groups is 10. The molecule has 0 aliphatic carbocycles. The average Bonchev–Trinajstić information content (AvgIpc) is 3.67. The molecule has 40 heteroatoms. The zero-order valence-corrected chi connectivity index (χ0v) is 51.0. The van der Waals surface area contributed by atoms with Gasteiger partial charge < -0.3 is 134 Å². The van der Waals surface area contributed by atoms with Gasteiger partial charge in [-0.05, 0) is 116 Å². The lowest BCUT2D eigenvalue weighted by Gasteiger charge is -2.28. The fourth-order valence-corrected chi connectivity index (χ4v) is 8.13. The van der Waals surface area contributed by atoms with Crippen molar-refractivity contribution in [1.82, 2.24) is 42.5 Å². The quantitative estimate of drug-likeness (QED) is 0.0153. The number of nitrogens with one attached hydrogen (secondary N) is 8. The van der Waals surface area contributed by atoms with Crippen molar-refractivity contribution in [1.29, 1.82) is 0 Å². The summed E-state index contributed by atoms with van der Waals surface area (Å²) in [5.74, 6) is -11.1. The second-order valence-corrected chi connectivity index (χ2v) is 20.6. The van der Waals surface area contributed by atoms with Crippen molar-refractivity contribution in [3.8, 4) is 0 Å². The van der Waals surface area contributed by atoms with E-state index in [1.165, 1.54) is 6.92 Å². The summed E-state index contributed by atoms with van der Waals surface area (Å²) in [5.41, 5.74) is 82.8. The van der Waals surface area contributed by atoms with Crippen molar-refractivity contribution >= 4 is 94.9 Å². The zero-order chi connectivity index (χ0) is 68.3. The summed E-state index contributed by atoms with van der Waals surface area (Å²) < 4.78 is 0. The Kier molecular flexibility index (Phi) is 40.6. The van der Waals surface area contributed by atoms with Crippen molar-refractivity contribution < 1.29 is 53.1 Å². The lowest BCUT2D eigenvalue weighted by atomic mass is 10.0. The number of amides is 9. The fraction of sp³-hybridized carbons (Fsp3) is 0.680. The van der Waals surface area contributed by atoms with Gasteiger partial charge in [0.1, 0.15) is 48.3 Å². The first kappa shape index (κ1) is 80.2. The van der Waals surface area contributed by atoms with E-state index >= 15 is 0 Å². The predicted octanol–water partition coefficient (Wildman–Crippen LogP) is -11.0. The SMILES string of the molecule is C[C@H](NC(=O)[C@H](N)CCCN=C(N)N)C(=O)N[C@@H](CCCCN)C(=O)N[C@@H](CCCN=C(N)N)C(=O)N[C@H](CCCN=C(N)N)C(=O)N[C@@H](CCC(N)=O)C(=O)N[C@@H](CCCN=C(N)N)C(=O)N[C@@H](CCCN=C(N)N)C(=O)N[C@H](CCCN=C(N)N)C(=O)O. The molecule has 0 spiro atoms. The Morgan fingerprint density at radius 3 is 0.833 bits per heavy atom. The number of nitrogens with zero attached hydrogens (tertiary/aromatic N) is 6. The van der Waals surface area contributed by atoms with Gasteiger partial charge in [-0.2, -0.15) is 0 Å². The summed E-state index contributed by atoms with van der Waals surface area (Å²) in [4.78, 5) is 160. The number of hydrogen-bond acceptors (Lipinski definition) is 18. The van der Waals surface area contributed by atoms with Crippen LogP contribution in [0.4, 0.5) is 0 Å². The summed E-state index contributed by atoms with van der Waals surface area (Å²) >= 11 is 0. The maximum Gasteiger partial charge on any atom is 0.326 e. The number of carbonyl (C=O) groups excluding carboxylic acids is 9. The van der Waals surface area contributed by atoms with Crippen molar-refractivity contribution in [3.05, 3.63) is 0 Å². The third kappa shape index (κ3) is 38.4. The number of unbranched alkanes of at least 4 members (excludes halogenated alkanes) is 1. The molecule has 0 rings (SSSR count). The highest BCUT2D eigenvalue weighted by Crippen LogP contribution is 2.11. The molecule has 0 aromatic rings. The van der Waals surface area contributed by atoms with Gasteiger partial charge in [0.05, 0.1) is 6.04 Å². The number of aliphatic imine (C=N–C) groups is 6. The Balaban J connectivity index is 7.29. The highest BCUT2D eigenvalue weighted by atomic mass is 16.4. The first-order chi connectivity index (χ1) is 42.4. The molecule has 0 saturated heterocycles. The van der Waals surface area contributed by atoms with Crippen LogP contribution in [0.15, 0.2) is 30.0 Å². The monoisotopic (exact) mass is 1280 g/mol. The van der Waals surface area contributed by atoms with E-state index < -0.39 is 126 Å². The molecule has 0 fully saturated rings. The van der Waals surface area contributed by atoms with E-state index in [9.17, 15) is 53.1 Å². The molecule has 0 aromatic heterocycles. The largest absolute Gasteiger partial charge is 0.480 e. The highest BCUT2D eigenvalue weighted by molar-refractivity contribution is 5.98. The van der Waals surface area contributed by atoms with Crippen molar-refractivity contribution in [2.24, 2.45) is 116 Å². The number of aliphatic carboxylic acids is 1. The Labute approximate surface area is 521 Å². The molecule has 0 aliphatic rings. The van der Waals surface area contributed by atoms with Gasteiger partial charge in [0.25, 0.3) is 0 Å². The number of carboxylic acid groups (broad SMARTS) is 1. The Morgan fingerprint density at radius 1 is 0.322 bits per heavy atom. The molecule has 0 bridgehead atoms. The first-order valence-corrected chi connectivity index (χ1v) is 29.1. The van der Waals surface area contributed by atoms with E-state index in [0.29, 0.717) is 19.3 Å². The van der Waals surface area contributed by atoms with Crippen LogP contribution in [0.1, 0.15) is 116 Å². The summed E-state index contributed by atoms with van der Waals surface area (Å²) in [7, 11) is 0. The maximum absolute atomic E-state index is 14.5. The van der Waals surface area contributed by atoms with Gasteiger partial charge in [-0.1, -0.05) is 0 Å². The molecule has 0 radical (unpaired) electrons. The van der Waals surface area contributed by atoms with Crippen LogP contribution in [0.2, 0.25) is 0 Å². The predicted molar refractivity (Wildman–Crippen MR) is 338 cm³/mol. The van der Waals surface area contributed by atoms with Crippen LogP contribution >= 0.6 is 0 Å². The van der Waals surface area contributed by atoms with Crippen molar-refractivity contribution in [2.75, 3.05) is 45.8 Å². The molecule has 40 nitrogen and oxygen atoms in total. The molecule has 0 unspecified atom stereocenters. The van der Waals surface area contributed by atoms with Crippen LogP contribution in [0.25, 0.3) is 0 Å². The summed E-state index contributed by atoms with van der Waals surface area (Å²) in [6, 6.07) is -12.8. The molecule has 9 amide bonds. The lowest BCUT2D eigenvalue weighted by molar-refractivity contribution is -0.142. The van der Waals surface area contributed by atoms with Gasteiger partial charge >= 0.3 is 5.97 Å².